The quantitative estimate of drug-likeness (QED) is 0.0155. The number of nitrogens with two attached hydrogens (primary N) is 4. The van der Waals surface area contributed by atoms with Crippen LogP contribution in [0.3, 0.4) is 0 Å². The largest absolute Gasteiger partial charge is 0.481 e. The fraction of sp³-hybridized carbons (Fsp3) is 0.667. The number of aliphatic hydroxyl groups excluding tert-OH is 1. The lowest BCUT2D eigenvalue weighted by Gasteiger charge is -2.28. The summed E-state index contributed by atoms with van der Waals surface area (Å²) in [5, 5.41) is 80.0. The van der Waals surface area contributed by atoms with Gasteiger partial charge in [0, 0.05) is 40.0 Å². The summed E-state index contributed by atoms with van der Waals surface area (Å²) in [6, 6.07) is -12.0. The molecule has 0 aliphatic rings. The van der Waals surface area contributed by atoms with Crippen LogP contribution in [0.2, 0.25) is 0 Å². The maximum Gasteiger partial charge on any atom is 0.305 e. The molecule has 424 valence electrons. The van der Waals surface area contributed by atoms with Crippen molar-refractivity contribution in [3.05, 3.63) is 0 Å². The molecule has 75 heavy (non-hydrogen) atoms. The standard InChI is InChI=1S/C42H77N19O14/c1-21(32(68)60-28(19-31(66)67)33(69)50-3)54-39(75)29(20-62)61-37(73)26(12-8-18-53-42(48)49)58-36(72)25(11-7-17-52-41(46)47)57-35(71)24(9-4-5-15-43)56-38(74)27(13-14-30(64)65)59-34(70)23(55-22(2)63)10-6-16-51-40(44)45/h21,23-29,62H,4-20,43H2,1-3H3,(H,50,69)(H,54,75)(H,55,63)(H,56,74)(H,57,71)(H,58,72)(H,59,70)(H,60,68)(H,61,73)(H,64,65)(H,66,67)(H4,44,45,51)(H4,46,47,52)(H4,48,49,53)/t21-,23-,24-,25-,26-,27-,28-,29-/m0/s1. The summed E-state index contributed by atoms with van der Waals surface area (Å²) in [6.45, 7) is 1.61. The van der Waals surface area contributed by atoms with Gasteiger partial charge in [-0.2, -0.15) is 0 Å². The molecule has 0 aromatic carbocycles. The van der Waals surface area contributed by atoms with E-state index >= 15 is 0 Å². The number of guanidine groups is 3. The van der Waals surface area contributed by atoms with Gasteiger partial charge < -0.3 is 102 Å². The van der Waals surface area contributed by atoms with Crippen molar-refractivity contribution >= 4 is 83.0 Å². The Bertz CT molecular complexity index is 2000. The second-order valence-corrected chi connectivity index (χ2v) is 16.9. The van der Waals surface area contributed by atoms with Gasteiger partial charge in [-0.15, -0.1) is 0 Å². The number of unbranched alkanes of at least 4 members (excludes halogenated alkanes) is 1. The van der Waals surface area contributed by atoms with Crippen molar-refractivity contribution in [2.75, 3.05) is 39.8 Å². The van der Waals surface area contributed by atoms with E-state index in [2.05, 4.69) is 63.8 Å². The van der Waals surface area contributed by atoms with Crippen molar-refractivity contribution in [3.63, 3.8) is 0 Å². The fourth-order valence-corrected chi connectivity index (χ4v) is 6.73. The van der Waals surface area contributed by atoms with Gasteiger partial charge in [-0.05, 0) is 77.7 Å². The number of nitrogens with one attached hydrogen (secondary N) is 15. The van der Waals surface area contributed by atoms with Crippen LogP contribution in [0, 0.1) is 16.2 Å². The molecule has 0 heterocycles. The Morgan fingerprint density at radius 3 is 1.13 bits per heavy atom. The van der Waals surface area contributed by atoms with Gasteiger partial charge in [0.25, 0.3) is 0 Å². The average Bonchev–Trinajstić information content (AvgIpc) is 3.32. The molecule has 0 rings (SSSR count). The summed E-state index contributed by atoms with van der Waals surface area (Å²) in [5.74, 6) is -12.4. The first kappa shape index (κ1) is 66.9. The lowest BCUT2D eigenvalue weighted by atomic mass is 10.0. The van der Waals surface area contributed by atoms with E-state index in [-0.39, 0.29) is 83.5 Å². The molecule has 0 fully saturated rings. The highest BCUT2D eigenvalue weighted by Crippen LogP contribution is 2.09. The van der Waals surface area contributed by atoms with Gasteiger partial charge in [-0.25, -0.2) is 0 Å². The summed E-state index contributed by atoms with van der Waals surface area (Å²) in [5.41, 5.74) is 21.8. The zero-order valence-electron chi connectivity index (χ0n) is 42.3. The van der Waals surface area contributed by atoms with Crippen LogP contribution in [0.1, 0.15) is 90.9 Å². The Kier molecular flexibility index (Phi) is 32.8. The van der Waals surface area contributed by atoms with E-state index in [9.17, 15) is 63.0 Å². The average molecular weight is 1070 g/mol. The van der Waals surface area contributed by atoms with E-state index in [1.54, 1.807) is 0 Å². The maximum absolute atomic E-state index is 14.2. The molecule has 33 heteroatoms. The van der Waals surface area contributed by atoms with E-state index in [1.807, 2.05) is 0 Å². The first-order chi connectivity index (χ1) is 35.3. The van der Waals surface area contributed by atoms with Crippen LogP contribution in [0.4, 0.5) is 0 Å². The number of carboxylic acids is 2. The lowest BCUT2D eigenvalue weighted by Crippen LogP contribution is -2.60. The predicted molar refractivity (Wildman–Crippen MR) is 267 cm³/mol. The van der Waals surface area contributed by atoms with Crippen LogP contribution in [0.15, 0.2) is 0 Å². The molecule has 26 N–H and O–H groups in total. The second-order valence-electron chi connectivity index (χ2n) is 16.9. The molecule has 0 saturated carbocycles. The number of rotatable bonds is 38. The van der Waals surface area contributed by atoms with E-state index in [0.717, 1.165) is 6.92 Å². The highest BCUT2D eigenvalue weighted by Gasteiger charge is 2.34. The minimum atomic E-state index is -1.77. The predicted octanol–water partition coefficient (Wildman–Crippen LogP) is -8.10. The zero-order chi connectivity index (χ0) is 57.2. The first-order valence-electron chi connectivity index (χ1n) is 23.9. The van der Waals surface area contributed by atoms with E-state index < -0.39 is 151 Å². The van der Waals surface area contributed by atoms with E-state index in [1.165, 1.54) is 14.0 Å². The van der Waals surface area contributed by atoms with Crippen LogP contribution in [0.5, 0.6) is 0 Å². The molecular formula is C42H77N19O14. The maximum atomic E-state index is 14.2. The molecule has 0 aromatic heterocycles. The molecule has 33 nitrogen and oxygen atoms in total. The Hall–Kier alpha value is -8.10. The van der Waals surface area contributed by atoms with Crippen molar-refractivity contribution in [1.82, 2.24) is 63.8 Å². The molecule has 0 aliphatic carbocycles. The van der Waals surface area contributed by atoms with Crippen molar-refractivity contribution < 1.29 is 68.1 Å². The molecule has 9 amide bonds. The van der Waals surface area contributed by atoms with Crippen molar-refractivity contribution in [2.45, 2.75) is 139 Å². The van der Waals surface area contributed by atoms with Crippen LogP contribution in [-0.2, 0) is 52.7 Å². The number of aliphatic carboxylic acids is 2. The van der Waals surface area contributed by atoms with Crippen molar-refractivity contribution in [1.29, 1.82) is 16.2 Å². The lowest BCUT2D eigenvalue weighted by molar-refractivity contribution is -0.141. The number of carboxylic acid groups (broad SMARTS) is 2. The number of carbonyl (C=O) groups is 11. The Morgan fingerprint density at radius 2 is 0.800 bits per heavy atom. The van der Waals surface area contributed by atoms with Gasteiger partial charge in [-0.3, -0.25) is 69.0 Å². The Labute approximate surface area is 432 Å². The third kappa shape index (κ3) is 29.9. The van der Waals surface area contributed by atoms with Crippen molar-refractivity contribution in [3.8, 4) is 0 Å². The topological polar surface area (TPSA) is 568 Å². The third-order valence-electron chi connectivity index (χ3n) is 10.6. The van der Waals surface area contributed by atoms with Gasteiger partial charge in [-0.1, -0.05) is 0 Å². The highest BCUT2D eigenvalue weighted by atomic mass is 16.4. The van der Waals surface area contributed by atoms with Gasteiger partial charge in [0.05, 0.1) is 13.0 Å². The normalized spacial score (nSPS) is 13.8. The number of aliphatic hydroxyl groups is 1. The smallest absolute Gasteiger partial charge is 0.305 e. The van der Waals surface area contributed by atoms with Crippen LogP contribution < -0.4 is 86.7 Å². The Morgan fingerprint density at radius 1 is 0.453 bits per heavy atom. The molecule has 0 bridgehead atoms. The molecule has 0 saturated heterocycles. The third-order valence-corrected chi connectivity index (χ3v) is 10.6. The SMILES string of the molecule is CNC(=O)[C@H](CC(=O)O)NC(=O)[C@H](C)NC(=O)[C@H](CO)NC(=O)[C@H](CCCNC(=N)N)NC(=O)[C@H](CCCNC(=N)N)NC(=O)[C@H](CCCCN)NC(=O)[C@H](CCC(=O)O)NC(=O)[C@H](CCCNC(=N)N)NC(C)=O. The molecule has 0 unspecified atom stereocenters. The first-order valence-corrected chi connectivity index (χ1v) is 23.9. The molecule has 0 aliphatic heterocycles. The summed E-state index contributed by atoms with van der Waals surface area (Å²) in [7, 11) is 1.21. The van der Waals surface area contributed by atoms with Gasteiger partial charge >= 0.3 is 11.9 Å². The summed E-state index contributed by atoms with van der Waals surface area (Å²) in [4.78, 5) is 143. The molecule has 0 aromatic rings. The zero-order valence-corrected chi connectivity index (χ0v) is 42.3. The van der Waals surface area contributed by atoms with Crippen LogP contribution >= 0.6 is 0 Å². The summed E-state index contributed by atoms with van der Waals surface area (Å²) >= 11 is 0. The van der Waals surface area contributed by atoms with E-state index in [0.29, 0.717) is 6.42 Å². The number of amides is 9. The number of likely N-dealkylation sites (N-methyl/N-ethyl adjacent to an activating group) is 1. The van der Waals surface area contributed by atoms with Gasteiger partial charge in [0.2, 0.25) is 53.2 Å². The van der Waals surface area contributed by atoms with Gasteiger partial charge in [0.15, 0.2) is 17.9 Å². The van der Waals surface area contributed by atoms with Crippen LogP contribution in [0.25, 0.3) is 0 Å². The monoisotopic (exact) mass is 1070 g/mol. The highest BCUT2D eigenvalue weighted by molar-refractivity contribution is 5.98. The minimum absolute atomic E-state index is 0.00458. The molecule has 8 atom stereocenters. The van der Waals surface area contributed by atoms with Crippen molar-refractivity contribution in [2.24, 2.45) is 22.9 Å². The van der Waals surface area contributed by atoms with E-state index in [4.69, 9.17) is 44.3 Å². The summed E-state index contributed by atoms with van der Waals surface area (Å²) < 4.78 is 0. The minimum Gasteiger partial charge on any atom is -0.481 e. The second kappa shape index (κ2) is 36.8. The number of hydrogen-bond acceptors (Lipinski definition) is 16. The fourth-order valence-electron chi connectivity index (χ4n) is 6.73. The molecule has 0 spiro atoms. The number of hydrogen-bond donors (Lipinski definition) is 22. The van der Waals surface area contributed by atoms with Gasteiger partial charge in [0.1, 0.15) is 48.3 Å². The molecule has 0 radical (unpaired) electrons. The summed E-state index contributed by atoms with van der Waals surface area (Å²) in [6.07, 6.45) is -1.47. The van der Waals surface area contributed by atoms with Crippen LogP contribution in [-0.4, -0.2) is 186 Å². The molecular weight excluding hydrogens is 995 g/mol. The number of carbonyl (C=O) groups excluding carboxylic acids is 9. The Balaban J connectivity index is 6.79.